The van der Waals surface area contributed by atoms with Gasteiger partial charge in [0.25, 0.3) is 0 Å². The minimum absolute atomic E-state index is 1.12. The number of hydrogen-bond acceptors (Lipinski definition) is 3. The molecule has 0 bridgehead atoms. The van der Waals surface area contributed by atoms with Gasteiger partial charge in [0.2, 0.25) is 8.32 Å². The van der Waals surface area contributed by atoms with Gasteiger partial charge in [0, 0.05) is 41.2 Å². The van der Waals surface area contributed by atoms with Crippen LogP contribution in [0.5, 0.6) is 0 Å². The second-order valence-corrected chi connectivity index (χ2v) is 18.1. The quantitative estimate of drug-likeness (QED) is 0.144. The molecule has 6 rings (SSSR count). The Bertz CT molecular complexity index is 1970. The standard InChI is InChI=1S/C45H48N2OSi/c1-31-22-32(2)26-42(25-31)46(41-18-20-45(21-19-41)49(8,9)48-7)39-14-10-37(11-15-39)38-12-16-40(17-13-38)47(43-27-33(3)23-34(4)28-43)44-29-35(5)24-36(6)30-44/h10-30H,1-9H3. The van der Waals surface area contributed by atoms with Gasteiger partial charge in [-0.3, -0.25) is 0 Å². The first-order valence-corrected chi connectivity index (χ1v) is 20.0. The number of rotatable bonds is 9. The molecule has 0 spiro atoms. The van der Waals surface area contributed by atoms with Crippen LogP contribution in [-0.2, 0) is 4.43 Å². The molecule has 0 N–H and O–H groups in total. The molecule has 0 heterocycles. The summed E-state index contributed by atoms with van der Waals surface area (Å²) in [5.41, 5.74) is 16.8. The molecule has 0 aliphatic carbocycles. The van der Waals surface area contributed by atoms with E-state index in [1.807, 2.05) is 7.11 Å². The van der Waals surface area contributed by atoms with Crippen LogP contribution in [0.25, 0.3) is 11.1 Å². The largest absolute Gasteiger partial charge is 0.416 e. The molecular formula is C45H48N2OSi. The van der Waals surface area contributed by atoms with E-state index in [2.05, 4.69) is 192 Å². The maximum atomic E-state index is 5.89. The Morgan fingerprint density at radius 2 is 0.633 bits per heavy atom. The number of aryl methyl sites for hydroxylation is 6. The predicted molar refractivity (Wildman–Crippen MR) is 214 cm³/mol. The highest BCUT2D eigenvalue weighted by atomic mass is 28.4. The molecule has 0 aliphatic rings. The molecule has 0 fully saturated rings. The van der Waals surface area contributed by atoms with Crippen molar-refractivity contribution in [3.63, 3.8) is 0 Å². The first kappa shape index (κ1) is 34.0. The van der Waals surface area contributed by atoms with E-state index in [4.69, 9.17) is 4.43 Å². The molecule has 6 aromatic carbocycles. The molecule has 0 atom stereocenters. The highest BCUT2D eigenvalue weighted by Crippen LogP contribution is 2.39. The maximum Gasteiger partial charge on any atom is 0.217 e. The first-order valence-electron chi connectivity index (χ1n) is 17.1. The zero-order valence-corrected chi connectivity index (χ0v) is 31.4. The van der Waals surface area contributed by atoms with Crippen molar-refractivity contribution in [3.05, 3.63) is 161 Å². The molecule has 0 unspecified atom stereocenters. The molecule has 6 aromatic rings. The normalized spacial score (nSPS) is 11.4. The Kier molecular flexibility index (Phi) is 9.65. The summed E-state index contributed by atoms with van der Waals surface area (Å²) in [7, 11) is -0.0921. The summed E-state index contributed by atoms with van der Waals surface area (Å²) < 4.78 is 5.89. The van der Waals surface area contributed by atoms with Gasteiger partial charge in [-0.15, -0.1) is 0 Å². The second-order valence-electron chi connectivity index (χ2n) is 14.1. The average Bonchev–Trinajstić information content (AvgIpc) is 3.05. The van der Waals surface area contributed by atoms with Crippen LogP contribution in [0.4, 0.5) is 34.1 Å². The van der Waals surface area contributed by atoms with Crippen LogP contribution < -0.4 is 15.0 Å². The van der Waals surface area contributed by atoms with Crippen molar-refractivity contribution in [2.45, 2.75) is 54.6 Å². The van der Waals surface area contributed by atoms with Gasteiger partial charge in [-0.25, -0.2) is 0 Å². The van der Waals surface area contributed by atoms with Gasteiger partial charge in [-0.1, -0.05) is 54.6 Å². The van der Waals surface area contributed by atoms with Crippen LogP contribution in [0.2, 0.25) is 13.1 Å². The molecule has 3 nitrogen and oxygen atoms in total. The smallest absolute Gasteiger partial charge is 0.217 e. The van der Waals surface area contributed by atoms with Crippen LogP contribution in [-0.4, -0.2) is 15.4 Å². The van der Waals surface area contributed by atoms with E-state index in [9.17, 15) is 0 Å². The van der Waals surface area contributed by atoms with E-state index in [0.29, 0.717) is 0 Å². The van der Waals surface area contributed by atoms with Crippen LogP contribution in [0.1, 0.15) is 33.4 Å². The molecule has 248 valence electrons. The van der Waals surface area contributed by atoms with Gasteiger partial charge in [0.1, 0.15) is 0 Å². The second kappa shape index (κ2) is 13.9. The van der Waals surface area contributed by atoms with Gasteiger partial charge in [0.15, 0.2) is 0 Å². The topological polar surface area (TPSA) is 15.7 Å². The molecule has 4 heteroatoms. The minimum atomic E-state index is -1.91. The van der Waals surface area contributed by atoms with Gasteiger partial charge in [-0.05, 0) is 177 Å². The van der Waals surface area contributed by atoms with E-state index < -0.39 is 8.32 Å². The summed E-state index contributed by atoms with van der Waals surface area (Å²) in [6.07, 6.45) is 0. The molecule has 49 heavy (non-hydrogen) atoms. The van der Waals surface area contributed by atoms with Crippen molar-refractivity contribution in [1.82, 2.24) is 0 Å². The maximum absolute atomic E-state index is 5.89. The van der Waals surface area contributed by atoms with E-state index in [1.165, 1.54) is 61.1 Å². The fourth-order valence-electron chi connectivity index (χ4n) is 6.87. The summed E-state index contributed by atoms with van der Waals surface area (Å²) in [5, 5.41) is 1.28. The molecule has 0 aromatic heterocycles. The third-order valence-corrected chi connectivity index (χ3v) is 12.1. The Balaban J connectivity index is 1.35. The zero-order valence-electron chi connectivity index (χ0n) is 30.4. The Labute approximate surface area is 294 Å². The molecule has 0 aliphatic heterocycles. The van der Waals surface area contributed by atoms with Crippen molar-refractivity contribution in [2.75, 3.05) is 16.9 Å². The lowest BCUT2D eigenvalue weighted by molar-refractivity contribution is 0.416. The number of benzene rings is 6. The van der Waals surface area contributed by atoms with Gasteiger partial charge in [0.05, 0.1) is 0 Å². The number of hydrogen-bond donors (Lipinski definition) is 0. The molecule has 0 saturated heterocycles. The summed E-state index contributed by atoms with van der Waals surface area (Å²) in [6, 6.07) is 47.1. The van der Waals surface area contributed by atoms with Crippen molar-refractivity contribution in [3.8, 4) is 11.1 Å². The van der Waals surface area contributed by atoms with Gasteiger partial charge in [-0.2, -0.15) is 0 Å². The fraction of sp³-hybridized carbons (Fsp3) is 0.200. The van der Waals surface area contributed by atoms with Crippen molar-refractivity contribution < 1.29 is 4.43 Å². The lowest BCUT2D eigenvalue weighted by Gasteiger charge is -2.28. The van der Waals surface area contributed by atoms with Crippen molar-refractivity contribution in [2.24, 2.45) is 0 Å². The molecule has 0 amide bonds. The van der Waals surface area contributed by atoms with Gasteiger partial charge < -0.3 is 14.2 Å². The Morgan fingerprint density at radius 3 is 0.918 bits per heavy atom. The highest BCUT2D eigenvalue weighted by molar-refractivity contribution is 6.84. The van der Waals surface area contributed by atoms with Crippen molar-refractivity contribution in [1.29, 1.82) is 0 Å². The molecule has 0 radical (unpaired) electrons. The van der Waals surface area contributed by atoms with E-state index in [-0.39, 0.29) is 0 Å². The van der Waals surface area contributed by atoms with Crippen molar-refractivity contribution >= 4 is 47.6 Å². The summed E-state index contributed by atoms with van der Waals surface area (Å²) in [5.74, 6) is 0. The van der Waals surface area contributed by atoms with Crippen LogP contribution in [0.3, 0.4) is 0 Å². The predicted octanol–water partition coefficient (Wildman–Crippen LogP) is 12.2. The number of anilines is 6. The highest BCUT2D eigenvalue weighted by Gasteiger charge is 2.24. The van der Waals surface area contributed by atoms with E-state index in [1.54, 1.807) is 0 Å². The average molecular weight is 661 g/mol. The Morgan fingerprint density at radius 1 is 0.367 bits per heavy atom. The summed E-state index contributed by atoms with van der Waals surface area (Å²) in [4.78, 5) is 4.72. The van der Waals surface area contributed by atoms with Crippen LogP contribution >= 0.6 is 0 Å². The molecule has 0 saturated carbocycles. The Hall–Kier alpha value is -4.90. The third kappa shape index (κ3) is 7.56. The van der Waals surface area contributed by atoms with E-state index >= 15 is 0 Å². The minimum Gasteiger partial charge on any atom is -0.416 e. The lowest BCUT2D eigenvalue weighted by Crippen LogP contribution is -2.43. The SMILES string of the molecule is CO[Si](C)(C)c1ccc(N(c2ccc(-c3ccc(N(c4cc(C)cc(C)c4)c4cc(C)cc(C)c4)cc3)cc2)c2cc(C)cc(C)c2)cc1. The van der Waals surface area contributed by atoms with Gasteiger partial charge >= 0.3 is 0 Å². The van der Waals surface area contributed by atoms with Crippen LogP contribution in [0.15, 0.2) is 127 Å². The zero-order chi connectivity index (χ0) is 34.9. The first-order chi connectivity index (χ1) is 23.4. The summed E-state index contributed by atoms with van der Waals surface area (Å²) in [6.45, 7) is 17.5. The van der Waals surface area contributed by atoms with Crippen LogP contribution in [0, 0.1) is 41.5 Å². The molecular weight excluding hydrogens is 613 g/mol. The van der Waals surface area contributed by atoms with E-state index in [0.717, 1.165) is 22.7 Å². The lowest BCUT2D eigenvalue weighted by atomic mass is 10.0. The fourth-order valence-corrected chi connectivity index (χ4v) is 8.07. The third-order valence-electron chi connectivity index (χ3n) is 9.31. The number of nitrogens with zero attached hydrogens (tertiary/aromatic N) is 2. The monoisotopic (exact) mass is 660 g/mol. The summed E-state index contributed by atoms with van der Waals surface area (Å²) >= 11 is 0.